The van der Waals surface area contributed by atoms with Gasteiger partial charge < -0.3 is 10.1 Å². The number of sulfonamides is 1. The second-order valence-electron chi connectivity index (χ2n) is 4.66. The summed E-state index contributed by atoms with van der Waals surface area (Å²) < 4.78 is 30.0. The van der Waals surface area contributed by atoms with Crippen LogP contribution in [0.25, 0.3) is 0 Å². The molecule has 0 saturated carbocycles. The maximum Gasteiger partial charge on any atom is 0.209 e. The Labute approximate surface area is 117 Å². The van der Waals surface area contributed by atoms with Crippen molar-refractivity contribution in [2.24, 2.45) is 0 Å². The van der Waals surface area contributed by atoms with Gasteiger partial charge in [0.1, 0.15) is 6.33 Å². The Morgan fingerprint density at radius 1 is 1.42 bits per heavy atom. The fraction of sp³-hybridized carbons (Fsp3) is 0.600. The second-order valence-corrected chi connectivity index (χ2v) is 6.76. The van der Waals surface area contributed by atoms with Gasteiger partial charge in [-0.05, 0) is 13.8 Å². The van der Waals surface area contributed by atoms with Gasteiger partial charge in [0, 0.05) is 12.1 Å². The first-order valence-corrected chi connectivity index (χ1v) is 7.69. The molecule has 0 aliphatic carbocycles. The van der Waals surface area contributed by atoms with Gasteiger partial charge in [-0.15, -0.1) is 0 Å². The summed E-state index contributed by atoms with van der Waals surface area (Å²) in [7, 11) is -1.84. The van der Waals surface area contributed by atoms with Crippen molar-refractivity contribution in [2.75, 3.05) is 25.2 Å². The molecule has 0 fully saturated rings. The SMILES string of the molecule is COc1c(Cl)ncnc1NCC(C)(C)NS(C)(=O)=O. The Bertz CT molecular complexity index is 548. The average Bonchev–Trinajstić information content (AvgIpc) is 2.23. The van der Waals surface area contributed by atoms with Gasteiger partial charge in [0.15, 0.2) is 16.7 Å². The van der Waals surface area contributed by atoms with E-state index in [0.717, 1.165) is 6.26 Å². The minimum Gasteiger partial charge on any atom is -0.490 e. The number of hydrogen-bond acceptors (Lipinski definition) is 6. The number of nitrogens with one attached hydrogen (secondary N) is 2. The summed E-state index contributed by atoms with van der Waals surface area (Å²) in [4.78, 5) is 7.79. The maximum absolute atomic E-state index is 11.2. The third-order valence-corrected chi connectivity index (χ3v) is 3.32. The third-order valence-electron chi connectivity index (χ3n) is 2.12. The summed E-state index contributed by atoms with van der Waals surface area (Å²) in [5.74, 6) is 0.727. The molecule has 9 heteroatoms. The quantitative estimate of drug-likeness (QED) is 0.758. The summed E-state index contributed by atoms with van der Waals surface area (Å²) in [6, 6.07) is 0. The monoisotopic (exact) mass is 308 g/mol. The molecule has 0 atom stereocenters. The molecule has 108 valence electrons. The van der Waals surface area contributed by atoms with Crippen LogP contribution in [0.15, 0.2) is 6.33 Å². The molecule has 1 aromatic heterocycles. The van der Waals surface area contributed by atoms with Crippen molar-refractivity contribution in [3.63, 3.8) is 0 Å². The number of ether oxygens (including phenoxy) is 1. The first kappa shape index (κ1) is 15.9. The molecule has 2 N–H and O–H groups in total. The minimum absolute atomic E-state index is 0.189. The highest BCUT2D eigenvalue weighted by atomic mass is 35.5. The molecule has 19 heavy (non-hydrogen) atoms. The first-order chi connectivity index (χ1) is 8.64. The molecule has 0 unspecified atom stereocenters. The molecule has 0 amide bonds. The number of anilines is 1. The molecule has 1 heterocycles. The molecule has 0 spiro atoms. The largest absolute Gasteiger partial charge is 0.490 e. The smallest absolute Gasteiger partial charge is 0.209 e. The van der Waals surface area contributed by atoms with Gasteiger partial charge in [0.25, 0.3) is 0 Å². The van der Waals surface area contributed by atoms with Crippen molar-refractivity contribution in [1.29, 1.82) is 0 Å². The maximum atomic E-state index is 11.2. The van der Waals surface area contributed by atoms with E-state index in [1.165, 1.54) is 13.4 Å². The number of methoxy groups -OCH3 is 1. The molecule has 0 radical (unpaired) electrons. The Balaban J connectivity index is 2.79. The van der Waals surface area contributed by atoms with Crippen LogP contribution in [-0.2, 0) is 10.0 Å². The lowest BCUT2D eigenvalue weighted by molar-refractivity contribution is 0.411. The third kappa shape index (κ3) is 5.17. The van der Waals surface area contributed by atoms with Crippen molar-refractivity contribution in [3.8, 4) is 5.75 Å². The van der Waals surface area contributed by atoms with Crippen LogP contribution in [0.5, 0.6) is 5.75 Å². The molecule has 7 nitrogen and oxygen atoms in total. The number of rotatable bonds is 6. The van der Waals surface area contributed by atoms with E-state index >= 15 is 0 Å². The highest BCUT2D eigenvalue weighted by Gasteiger charge is 2.23. The van der Waals surface area contributed by atoms with Gasteiger partial charge in [0.05, 0.1) is 13.4 Å². The topological polar surface area (TPSA) is 93.2 Å². The van der Waals surface area contributed by atoms with Crippen molar-refractivity contribution in [3.05, 3.63) is 11.5 Å². The van der Waals surface area contributed by atoms with Crippen molar-refractivity contribution in [2.45, 2.75) is 19.4 Å². The Hall–Kier alpha value is -1.12. The van der Waals surface area contributed by atoms with Crippen LogP contribution in [0.2, 0.25) is 5.15 Å². The minimum atomic E-state index is -3.29. The van der Waals surface area contributed by atoms with Crippen molar-refractivity contribution in [1.82, 2.24) is 14.7 Å². The molecule has 1 aromatic rings. The van der Waals surface area contributed by atoms with Gasteiger partial charge in [0.2, 0.25) is 10.0 Å². The standard InChI is InChI=1S/C10H17ClN4O3S/c1-10(2,15-19(4,16)17)5-12-9-7(18-3)8(11)13-6-14-9/h6,15H,5H2,1-4H3,(H,12,13,14). The molecular weight excluding hydrogens is 292 g/mol. The zero-order valence-electron chi connectivity index (χ0n) is 11.2. The van der Waals surface area contributed by atoms with E-state index < -0.39 is 15.6 Å². The molecule has 0 aliphatic rings. The Morgan fingerprint density at radius 2 is 2.05 bits per heavy atom. The molecule has 0 bridgehead atoms. The predicted octanol–water partition coefficient (Wildman–Crippen LogP) is 0.878. The van der Waals surface area contributed by atoms with Gasteiger partial charge in [-0.25, -0.2) is 23.1 Å². The summed E-state index contributed by atoms with van der Waals surface area (Å²) in [6.45, 7) is 3.80. The molecule has 0 aromatic carbocycles. The summed E-state index contributed by atoms with van der Waals surface area (Å²) in [6.07, 6.45) is 2.40. The van der Waals surface area contributed by atoms with Gasteiger partial charge in [-0.2, -0.15) is 0 Å². The van der Waals surface area contributed by atoms with E-state index in [1.807, 2.05) is 0 Å². The van der Waals surface area contributed by atoms with Crippen LogP contribution >= 0.6 is 11.6 Å². The zero-order valence-corrected chi connectivity index (χ0v) is 12.8. The fourth-order valence-electron chi connectivity index (χ4n) is 1.50. The van der Waals surface area contributed by atoms with Gasteiger partial charge >= 0.3 is 0 Å². The second kappa shape index (κ2) is 5.89. The van der Waals surface area contributed by atoms with E-state index in [4.69, 9.17) is 16.3 Å². The lowest BCUT2D eigenvalue weighted by Crippen LogP contribution is -2.47. The highest BCUT2D eigenvalue weighted by Crippen LogP contribution is 2.28. The molecule has 0 aliphatic heterocycles. The van der Waals surface area contributed by atoms with Crippen LogP contribution in [0.4, 0.5) is 5.82 Å². The zero-order chi connectivity index (χ0) is 14.7. The lowest BCUT2D eigenvalue weighted by Gasteiger charge is -2.25. The summed E-state index contributed by atoms with van der Waals surface area (Å²) in [5.41, 5.74) is -0.685. The number of aromatic nitrogens is 2. The fourth-order valence-corrected chi connectivity index (χ4v) is 2.79. The van der Waals surface area contributed by atoms with Crippen LogP contribution in [-0.4, -0.2) is 43.8 Å². The lowest BCUT2D eigenvalue weighted by atomic mass is 10.1. The van der Waals surface area contributed by atoms with Crippen LogP contribution in [0.1, 0.15) is 13.8 Å². The van der Waals surface area contributed by atoms with E-state index in [2.05, 4.69) is 20.0 Å². The van der Waals surface area contributed by atoms with E-state index in [-0.39, 0.29) is 5.15 Å². The van der Waals surface area contributed by atoms with Crippen molar-refractivity contribution < 1.29 is 13.2 Å². The van der Waals surface area contributed by atoms with E-state index in [1.54, 1.807) is 13.8 Å². The highest BCUT2D eigenvalue weighted by molar-refractivity contribution is 7.88. The Morgan fingerprint density at radius 3 is 2.58 bits per heavy atom. The molecule has 1 rings (SSSR count). The predicted molar refractivity (Wildman–Crippen MR) is 74.1 cm³/mol. The van der Waals surface area contributed by atoms with Crippen molar-refractivity contribution >= 4 is 27.4 Å². The van der Waals surface area contributed by atoms with Crippen LogP contribution < -0.4 is 14.8 Å². The number of nitrogens with zero attached hydrogens (tertiary/aromatic N) is 2. The van der Waals surface area contributed by atoms with Crippen LogP contribution in [0, 0.1) is 0 Å². The number of halogens is 1. The van der Waals surface area contributed by atoms with Crippen LogP contribution in [0.3, 0.4) is 0 Å². The summed E-state index contributed by atoms with van der Waals surface area (Å²) in [5, 5.41) is 3.17. The summed E-state index contributed by atoms with van der Waals surface area (Å²) >= 11 is 5.86. The molecular formula is C10H17ClN4O3S. The molecule has 0 saturated heterocycles. The van der Waals surface area contributed by atoms with E-state index in [0.29, 0.717) is 18.1 Å². The average molecular weight is 309 g/mol. The van der Waals surface area contributed by atoms with E-state index in [9.17, 15) is 8.42 Å². The van der Waals surface area contributed by atoms with Gasteiger partial charge in [-0.3, -0.25) is 0 Å². The Kier molecular flexibility index (Phi) is 4.94. The van der Waals surface area contributed by atoms with Gasteiger partial charge in [-0.1, -0.05) is 11.6 Å². The first-order valence-electron chi connectivity index (χ1n) is 5.42. The normalized spacial score (nSPS) is 12.3. The number of hydrogen-bond donors (Lipinski definition) is 2.